The van der Waals surface area contributed by atoms with Crippen LogP contribution >= 0.6 is 0 Å². The highest BCUT2D eigenvalue weighted by Gasteiger charge is 2.04. The van der Waals surface area contributed by atoms with E-state index in [0.29, 0.717) is 16.7 Å². The highest BCUT2D eigenvalue weighted by Crippen LogP contribution is 2.23. The average Bonchev–Trinajstić information content (AvgIpc) is 2.24. The maximum atomic E-state index is 9.38. The first-order valence-electron chi connectivity index (χ1n) is 4.72. The largest absolute Gasteiger partial charge is 0.507 e. The second-order valence-electron chi connectivity index (χ2n) is 2.74. The number of rotatable bonds is 2. The summed E-state index contributed by atoms with van der Waals surface area (Å²) in [6.45, 7) is 5.45. The van der Waals surface area contributed by atoms with Crippen molar-refractivity contribution in [2.24, 2.45) is 0 Å². The van der Waals surface area contributed by atoms with Gasteiger partial charge in [-0.2, -0.15) is 0 Å². The molecular weight excluding hydrogens is 180 g/mol. The Morgan fingerprint density at radius 3 is 2.07 bits per heavy atom. The number of benzene rings is 1. The predicted molar refractivity (Wildman–Crippen MR) is 56.0 cm³/mol. The van der Waals surface area contributed by atoms with Crippen molar-refractivity contribution >= 4 is 0 Å². The molecule has 0 radical (unpaired) electrons. The van der Waals surface area contributed by atoms with Gasteiger partial charge in [-0.05, 0) is 24.1 Å². The molecule has 0 saturated heterocycles. The molecule has 14 heavy (non-hydrogen) atoms. The van der Waals surface area contributed by atoms with Gasteiger partial charge >= 0.3 is 0 Å². The molecule has 0 aliphatic rings. The van der Waals surface area contributed by atoms with E-state index < -0.39 is 0 Å². The second kappa shape index (κ2) is 6.40. The van der Waals surface area contributed by atoms with Gasteiger partial charge in [0.05, 0.1) is 13.2 Å². The lowest BCUT2D eigenvalue weighted by atomic mass is 10.1. The van der Waals surface area contributed by atoms with Crippen LogP contribution in [0, 0.1) is 6.92 Å². The molecule has 80 valence electrons. The van der Waals surface area contributed by atoms with E-state index in [2.05, 4.69) is 0 Å². The zero-order valence-electron chi connectivity index (χ0n) is 8.91. The Labute approximate surface area is 84.6 Å². The minimum atomic E-state index is -0.208. The van der Waals surface area contributed by atoms with E-state index in [1.54, 1.807) is 19.1 Å². The fraction of sp³-hybridized carbons (Fsp3) is 0.455. The topological polar surface area (TPSA) is 60.7 Å². The number of hydrogen-bond donors (Lipinski definition) is 3. The minimum Gasteiger partial charge on any atom is -0.507 e. The fourth-order valence-electron chi connectivity index (χ4n) is 1.15. The molecule has 0 aromatic heterocycles. The third-order valence-corrected chi connectivity index (χ3v) is 1.79. The van der Waals surface area contributed by atoms with Gasteiger partial charge in [-0.1, -0.05) is 19.9 Å². The maximum Gasteiger partial charge on any atom is 0.124 e. The standard InChI is InChI=1S/C9H12O3.C2H6/c1-6-2-7(4-10)3-8(5-11)9(6)12;1-2/h2-3,10-12H,4-5H2,1H3;1-2H3. The Kier molecular flexibility index (Phi) is 5.92. The smallest absolute Gasteiger partial charge is 0.124 e. The lowest BCUT2D eigenvalue weighted by Gasteiger charge is -2.06. The second-order valence-corrected chi connectivity index (χ2v) is 2.74. The Balaban J connectivity index is 0.000000791. The molecule has 3 N–H and O–H groups in total. The third-order valence-electron chi connectivity index (χ3n) is 1.79. The summed E-state index contributed by atoms with van der Waals surface area (Å²) < 4.78 is 0. The molecular formula is C11H18O3. The maximum absolute atomic E-state index is 9.38. The first kappa shape index (κ1) is 12.9. The molecule has 1 aromatic rings. The van der Waals surface area contributed by atoms with Crippen LogP contribution in [-0.4, -0.2) is 15.3 Å². The van der Waals surface area contributed by atoms with Gasteiger partial charge in [0.1, 0.15) is 5.75 Å². The van der Waals surface area contributed by atoms with E-state index in [1.807, 2.05) is 13.8 Å². The van der Waals surface area contributed by atoms with Gasteiger partial charge in [-0.25, -0.2) is 0 Å². The fourth-order valence-corrected chi connectivity index (χ4v) is 1.15. The predicted octanol–water partition coefficient (Wildman–Crippen LogP) is 1.71. The summed E-state index contributed by atoms with van der Waals surface area (Å²) in [7, 11) is 0. The lowest BCUT2D eigenvalue weighted by Crippen LogP contribution is -1.92. The molecule has 3 nitrogen and oxygen atoms in total. The van der Waals surface area contributed by atoms with E-state index in [0.717, 1.165) is 0 Å². The first-order chi connectivity index (χ1) is 6.69. The zero-order valence-corrected chi connectivity index (χ0v) is 8.91. The SMILES string of the molecule is CC.Cc1cc(CO)cc(CO)c1O. The molecule has 0 spiro atoms. The highest BCUT2D eigenvalue weighted by molar-refractivity contribution is 5.42. The molecule has 0 unspecified atom stereocenters. The van der Waals surface area contributed by atoms with Crippen molar-refractivity contribution in [3.8, 4) is 5.75 Å². The highest BCUT2D eigenvalue weighted by atomic mass is 16.3. The van der Waals surface area contributed by atoms with Crippen LogP contribution in [0.1, 0.15) is 30.5 Å². The van der Waals surface area contributed by atoms with Crippen molar-refractivity contribution in [1.29, 1.82) is 0 Å². The monoisotopic (exact) mass is 198 g/mol. The first-order valence-corrected chi connectivity index (χ1v) is 4.72. The molecule has 0 bridgehead atoms. The minimum absolute atomic E-state index is 0.0753. The van der Waals surface area contributed by atoms with Gasteiger partial charge in [-0.3, -0.25) is 0 Å². The van der Waals surface area contributed by atoms with E-state index in [1.165, 1.54) is 0 Å². The third kappa shape index (κ3) is 3.01. The van der Waals surface area contributed by atoms with E-state index in [4.69, 9.17) is 10.2 Å². The Bertz CT molecular complexity index is 282. The molecule has 0 aliphatic carbocycles. The molecule has 0 heterocycles. The van der Waals surface area contributed by atoms with Crippen LogP contribution in [0.5, 0.6) is 5.75 Å². The zero-order chi connectivity index (χ0) is 11.1. The van der Waals surface area contributed by atoms with Gasteiger partial charge in [0.15, 0.2) is 0 Å². The van der Waals surface area contributed by atoms with Crippen LogP contribution in [0.3, 0.4) is 0 Å². The number of aliphatic hydroxyl groups excluding tert-OH is 2. The van der Waals surface area contributed by atoms with Crippen LogP contribution in [0.4, 0.5) is 0 Å². The van der Waals surface area contributed by atoms with Crippen molar-refractivity contribution in [2.45, 2.75) is 34.0 Å². The summed E-state index contributed by atoms with van der Waals surface area (Å²) in [4.78, 5) is 0. The van der Waals surface area contributed by atoms with E-state index in [-0.39, 0.29) is 19.0 Å². The Morgan fingerprint density at radius 2 is 1.64 bits per heavy atom. The van der Waals surface area contributed by atoms with Crippen LogP contribution in [0.25, 0.3) is 0 Å². The quantitative estimate of drug-likeness (QED) is 0.678. The lowest BCUT2D eigenvalue weighted by molar-refractivity contribution is 0.270. The Hall–Kier alpha value is -1.06. The van der Waals surface area contributed by atoms with E-state index in [9.17, 15) is 5.11 Å². The molecule has 1 aromatic carbocycles. The average molecular weight is 198 g/mol. The van der Waals surface area contributed by atoms with E-state index >= 15 is 0 Å². The molecule has 1 rings (SSSR count). The van der Waals surface area contributed by atoms with Crippen LogP contribution < -0.4 is 0 Å². The summed E-state index contributed by atoms with van der Waals surface area (Å²) in [5, 5.41) is 27.0. The van der Waals surface area contributed by atoms with Crippen LogP contribution in [0.15, 0.2) is 12.1 Å². The van der Waals surface area contributed by atoms with Crippen LogP contribution in [0.2, 0.25) is 0 Å². The number of hydrogen-bond acceptors (Lipinski definition) is 3. The van der Waals surface area contributed by atoms with Crippen molar-refractivity contribution in [3.05, 3.63) is 28.8 Å². The molecule has 0 aliphatic heterocycles. The molecule has 3 heteroatoms. The number of aryl methyl sites for hydroxylation is 1. The summed E-state index contributed by atoms with van der Waals surface area (Å²) >= 11 is 0. The van der Waals surface area contributed by atoms with Crippen LogP contribution in [-0.2, 0) is 13.2 Å². The van der Waals surface area contributed by atoms with Crippen molar-refractivity contribution in [1.82, 2.24) is 0 Å². The van der Waals surface area contributed by atoms with Gasteiger partial charge in [0, 0.05) is 5.56 Å². The van der Waals surface area contributed by atoms with Gasteiger partial charge in [0.25, 0.3) is 0 Å². The van der Waals surface area contributed by atoms with Crippen molar-refractivity contribution in [2.75, 3.05) is 0 Å². The van der Waals surface area contributed by atoms with Gasteiger partial charge < -0.3 is 15.3 Å². The van der Waals surface area contributed by atoms with Crippen molar-refractivity contribution < 1.29 is 15.3 Å². The number of phenols is 1. The normalized spacial score (nSPS) is 9.21. The summed E-state index contributed by atoms with van der Waals surface area (Å²) in [6.07, 6.45) is 0. The van der Waals surface area contributed by atoms with Crippen molar-refractivity contribution in [3.63, 3.8) is 0 Å². The van der Waals surface area contributed by atoms with Gasteiger partial charge in [-0.15, -0.1) is 0 Å². The number of aromatic hydroxyl groups is 1. The molecule has 0 amide bonds. The van der Waals surface area contributed by atoms with Gasteiger partial charge in [0.2, 0.25) is 0 Å². The number of aliphatic hydroxyl groups is 2. The summed E-state index contributed by atoms with van der Waals surface area (Å²) in [6, 6.07) is 3.27. The molecule has 0 fully saturated rings. The molecule has 0 saturated carbocycles. The molecule has 0 atom stereocenters. The summed E-state index contributed by atoms with van der Waals surface area (Å²) in [5.74, 6) is 0.106. The summed E-state index contributed by atoms with van der Waals surface area (Å²) in [5.41, 5.74) is 1.83. The Morgan fingerprint density at radius 1 is 1.07 bits per heavy atom.